The summed E-state index contributed by atoms with van der Waals surface area (Å²) in [4.78, 5) is 32.2. The van der Waals surface area contributed by atoms with Gasteiger partial charge in [0.2, 0.25) is 0 Å². The molecule has 0 aliphatic heterocycles. The zero-order chi connectivity index (χ0) is 16.7. The predicted octanol–water partition coefficient (Wildman–Crippen LogP) is 3.72. The van der Waals surface area contributed by atoms with E-state index in [1.165, 1.54) is 0 Å². The number of nitrogens with zero attached hydrogens (tertiary/aromatic N) is 2. The Kier molecular flexibility index (Phi) is 4.06. The molecule has 0 radical (unpaired) electrons. The predicted molar refractivity (Wildman–Crippen MR) is 91.2 cm³/mol. The quantitative estimate of drug-likeness (QED) is 0.863. The van der Waals surface area contributed by atoms with E-state index in [-0.39, 0.29) is 17.7 Å². The number of thiazole rings is 1. The van der Waals surface area contributed by atoms with Crippen LogP contribution in [0.25, 0.3) is 0 Å². The van der Waals surface area contributed by atoms with Crippen molar-refractivity contribution in [3.05, 3.63) is 50.5 Å². The van der Waals surface area contributed by atoms with Gasteiger partial charge in [-0.25, -0.2) is 4.98 Å². The van der Waals surface area contributed by atoms with Crippen LogP contribution < -0.4 is 0 Å². The van der Waals surface area contributed by atoms with E-state index in [2.05, 4.69) is 4.98 Å². The summed E-state index contributed by atoms with van der Waals surface area (Å²) >= 11 is 1.65. The molecule has 1 aromatic heterocycles. The summed E-state index contributed by atoms with van der Waals surface area (Å²) < 4.78 is 0. The van der Waals surface area contributed by atoms with Crippen molar-refractivity contribution in [3.63, 3.8) is 0 Å². The molecule has 0 saturated carbocycles. The number of fused-ring (bicyclic) bond motifs is 1. The Morgan fingerprint density at radius 2 is 2.04 bits per heavy atom. The molecular formula is C18H20N2O2S. The van der Waals surface area contributed by atoms with Crippen molar-refractivity contribution in [1.29, 1.82) is 0 Å². The highest BCUT2D eigenvalue weighted by Crippen LogP contribution is 2.30. The maximum atomic E-state index is 12.9. The van der Waals surface area contributed by atoms with Crippen LogP contribution in [0.2, 0.25) is 0 Å². The number of rotatable bonds is 3. The summed E-state index contributed by atoms with van der Waals surface area (Å²) in [5.41, 5.74) is 3.20. The molecule has 5 heteroatoms. The molecule has 1 amide bonds. The van der Waals surface area contributed by atoms with Crippen LogP contribution in [0.15, 0.2) is 18.2 Å². The molecule has 2 aromatic rings. The van der Waals surface area contributed by atoms with Gasteiger partial charge in [0.15, 0.2) is 5.78 Å². The van der Waals surface area contributed by atoms with Gasteiger partial charge >= 0.3 is 0 Å². The second kappa shape index (κ2) is 5.89. The zero-order valence-corrected chi connectivity index (χ0v) is 14.7. The van der Waals surface area contributed by atoms with E-state index in [9.17, 15) is 9.59 Å². The molecule has 1 aliphatic rings. The van der Waals surface area contributed by atoms with E-state index in [0.29, 0.717) is 24.0 Å². The van der Waals surface area contributed by atoms with Crippen LogP contribution in [0, 0.1) is 13.8 Å². The van der Waals surface area contributed by atoms with Gasteiger partial charge in [0.05, 0.1) is 16.7 Å². The Labute approximate surface area is 140 Å². The van der Waals surface area contributed by atoms with Crippen LogP contribution in [-0.4, -0.2) is 28.6 Å². The molecule has 0 bridgehead atoms. The summed E-state index contributed by atoms with van der Waals surface area (Å²) in [6.45, 7) is 6.01. The molecular weight excluding hydrogens is 308 g/mol. The molecule has 23 heavy (non-hydrogen) atoms. The SMILES string of the molecule is Cc1nc(C(C)N(C)C(=O)c2cccc3c2CCC3=O)c(C)s1. The van der Waals surface area contributed by atoms with Crippen molar-refractivity contribution in [2.75, 3.05) is 7.05 Å². The Bertz CT molecular complexity index is 794. The lowest BCUT2D eigenvalue weighted by Crippen LogP contribution is -2.31. The normalized spacial score (nSPS) is 14.7. The Morgan fingerprint density at radius 3 is 2.70 bits per heavy atom. The number of ketones is 1. The first-order valence-corrected chi connectivity index (χ1v) is 8.58. The van der Waals surface area contributed by atoms with Crippen LogP contribution >= 0.6 is 11.3 Å². The van der Waals surface area contributed by atoms with Gasteiger partial charge in [-0.1, -0.05) is 12.1 Å². The van der Waals surface area contributed by atoms with Gasteiger partial charge in [0.25, 0.3) is 5.91 Å². The van der Waals surface area contributed by atoms with Crippen LogP contribution in [0.5, 0.6) is 0 Å². The number of benzene rings is 1. The Morgan fingerprint density at radius 1 is 1.30 bits per heavy atom. The fraction of sp³-hybridized carbons (Fsp3) is 0.389. The van der Waals surface area contributed by atoms with Gasteiger partial charge in [0.1, 0.15) is 0 Å². The molecule has 1 aromatic carbocycles. The fourth-order valence-corrected chi connectivity index (χ4v) is 4.08. The number of amides is 1. The first-order chi connectivity index (χ1) is 10.9. The highest BCUT2D eigenvalue weighted by Gasteiger charge is 2.28. The van der Waals surface area contributed by atoms with E-state index in [4.69, 9.17) is 0 Å². The maximum Gasteiger partial charge on any atom is 0.254 e. The smallest absolute Gasteiger partial charge is 0.254 e. The van der Waals surface area contributed by atoms with E-state index in [1.807, 2.05) is 32.9 Å². The van der Waals surface area contributed by atoms with Crippen molar-refractivity contribution in [1.82, 2.24) is 9.88 Å². The molecule has 1 unspecified atom stereocenters. The standard InChI is InChI=1S/C18H20N2O2S/c1-10(17-11(2)23-12(3)19-17)20(4)18(22)15-7-5-6-14-13(15)8-9-16(14)21/h5-7,10H,8-9H2,1-4H3. The van der Waals surface area contributed by atoms with E-state index >= 15 is 0 Å². The summed E-state index contributed by atoms with van der Waals surface area (Å²) in [7, 11) is 1.80. The van der Waals surface area contributed by atoms with Crippen molar-refractivity contribution in [2.45, 2.75) is 39.7 Å². The van der Waals surface area contributed by atoms with Gasteiger partial charge in [-0.3, -0.25) is 9.59 Å². The highest BCUT2D eigenvalue weighted by molar-refractivity contribution is 7.11. The number of Topliss-reactive ketones (excluding diaryl/α,β-unsaturated/α-hetero) is 1. The maximum absolute atomic E-state index is 12.9. The minimum atomic E-state index is -0.0968. The number of carbonyl (C=O) groups is 2. The fourth-order valence-electron chi connectivity index (χ4n) is 3.17. The van der Waals surface area contributed by atoms with Gasteiger partial charge < -0.3 is 4.90 Å². The number of aromatic nitrogens is 1. The molecule has 0 spiro atoms. The number of aryl methyl sites for hydroxylation is 2. The number of carbonyl (C=O) groups excluding carboxylic acids is 2. The Balaban J connectivity index is 1.92. The van der Waals surface area contributed by atoms with Crippen LogP contribution in [-0.2, 0) is 6.42 Å². The van der Waals surface area contributed by atoms with Crippen molar-refractivity contribution in [2.24, 2.45) is 0 Å². The first kappa shape index (κ1) is 15.9. The number of hydrogen-bond donors (Lipinski definition) is 0. The molecule has 1 heterocycles. The minimum absolute atomic E-state index is 0.0471. The van der Waals surface area contributed by atoms with E-state index < -0.39 is 0 Å². The molecule has 0 fully saturated rings. The monoisotopic (exact) mass is 328 g/mol. The average molecular weight is 328 g/mol. The van der Waals surface area contributed by atoms with Crippen LogP contribution in [0.3, 0.4) is 0 Å². The molecule has 1 atom stereocenters. The van der Waals surface area contributed by atoms with Crippen molar-refractivity contribution >= 4 is 23.0 Å². The topological polar surface area (TPSA) is 50.3 Å². The van der Waals surface area contributed by atoms with E-state index in [0.717, 1.165) is 21.1 Å². The molecule has 0 N–H and O–H groups in total. The lowest BCUT2D eigenvalue weighted by molar-refractivity contribution is 0.0738. The van der Waals surface area contributed by atoms with Gasteiger partial charge in [-0.2, -0.15) is 0 Å². The largest absolute Gasteiger partial charge is 0.333 e. The third-order valence-corrected chi connectivity index (χ3v) is 5.45. The summed E-state index contributed by atoms with van der Waals surface area (Å²) in [6, 6.07) is 5.34. The van der Waals surface area contributed by atoms with Crippen molar-refractivity contribution in [3.8, 4) is 0 Å². The lowest BCUT2D eigenvalue weighted by Gasteiger charge is -2.25. The van der Waals surface area contributed by atoms with Gasteiger partial charge in [-0.05, 0) is 38.8 Å². The summed E-state index contributed by atoms with van der Waals surface area (Å²) in [5.74, 6) is 0.0884. The zero-order valence-electron chi connectivity index (χ0n) is 13.8. The van der Waals surface area contributed by atoms with Gasteiger partial charge in [0, 0.05) is 29.5 Å². The van der Waals surface area contributed by atoms with Crippen LogP contribution in [0.4, 0.5) is 0 Å². The van der Waals surface area contributed by atoms with E-state index in [1.54, 1.807) is 29.4 Å². The lowest BCUT2D eigenvalue weighted by atomic mass is 10.0. The third kappa shape index (κ3) is 2.70. The summed E-state index contributed by atoms with van der Waals surface area (Å²) in [5, 5.41) is 1.01. The highest BCUT2D eigenvalue weighted by atomic mass is 32.1. The second-order valence-corrected chi connectivity index (χ2v) is 7.43. The average Bonchev–Trinajstić information content (AvgIpc) is 3.07. The molecule has 0 saturated heterocycles. The number of hydrogen-bond acceptors (Lipinski definition) is 4. The summed E-state index contributed by atoms with van der Waals surface area (Å²) in [6.07, 6.45) is 1.16. The third-order valence-electron chi connectivity index (χ3n) is 4.55. The second-order valence-electron chi connectivity index (χ2n) is 6.02. The van der Waals surface area contributed by atoms with Crippen molar-refractivity contribution < 1.29 is 9.59 Å². The molecule has 4 nitrogen and oxygen atoms in total. The minimum Gasteiger partial charge on any atom is -0.333 e. The molecule has 120 valence electrons. The Hall–Kier alpha value is -2.01. The van der Waals surface area contributed by atoms with Gasteiger partial charge in [-0.15, -0.1) is 11.3 Å². The molecule has 3 rings (SSSR count). The van der Waals surface area contributed by atoms with Crippen LogP contribution in [0.1, 0.15) is 61.2 Å². The molecule has 1 aliphatic carbocycles. The first-order valence-electron chi connectivity index (χ1n) is 7.76.